The first-order chi connectivity index (χ1) is 7.58. The largest absolute Gasteiger partial charge is 0.481 e. The zero-order valence-corrected chi connectivity index (χ0v) is 9.76. The number of carbonyl (C=O) groups is 1. The third-order valence-electron chi connectivity index (χ3n) is 3.41. The smallest absolute Gasteiger partial charge is 0.303 e. The van der Waals surface area contributed by atoms with E-state index in [0.29, 0.717) is 0 Å². The van der Waals surface area contributed by atoms with Crippen LogP contribution in [0.3, 0.4) is 0 Å². The Hall–Kier alpha value is -1.29. The van der Waals surface area contributed by atoms with Crippen LogP contribution in [0.15, 0.2) is 18.5 Å². The van der Waals surface area contributed by atoms with Gasteiger partial charge in [0, 0.05) is 25.5 Å². The van der Waals surface area contributed by atoms with Crippen LogP contribution in [-0.4, -0.2) is 34.1 Å². The molecule has 88 valence electrons. The molecule has 1 aliphatic heterocycles. The van der Waals surface area contributed by atoms with Gasteiger partial charge < -0.3 is 9.67 Å². The zero-order valence-electron chi connectivity index (χ0n) is 9.76. The second-order valence-electron chi connectivity index (χ2n) is 4.68. The highest BCUT2D eigenvalue weighted by atomic mass is 16.4. The fourth-order valence-electron chi connectivity index (χ4n) is 2.69. The van der Waals surface area contributed by atoms with Crippen molar-refractivity contribution in [3.8, 4) is 0 Å². The van der Waals surface area contributed by atoms with Crippen molar-refractivity contribution in [1.29, 1.82) is 0 Å². The summed E-state index contributed by atoms with van der Waals surface area (Å²) in [5.74, 6) is -0.453. The molecule has 1 aromatic rings. The van der Waals surface area contributed by atoms with Crippen molar-refractivity contribution < 1.29 is 9.90 Å². The van der Waals surface area contributed by atoms with E-state index in [1.165, 1.54) is 5.56 Å². The quantitative estimate of drug-likeness (QED) is 0.842. The van der Waals surface area contributed by atoms with Crippen LogP contribution < -0.4 is 0 Å². The molecule has 1 fully saturated rings. The van der Waals surface area contributed by atoms with E-state index < -0.39 is 5.97 Å². The highest BCUT2D eigenvalue weighted by molar-refractivity contribution is 5.67. The molecule has 2 heterocycles. The van der Waals surface area contributed by atoms with E-state index in [2.05, 4.69) is 24.2 Å². The second kappa shape index (κ2) is 4.29. The molecule has 0 saturated carbocycles. The summed E-state index contributed by atoms with van der Waals surface area (Å²) in [6.45, 7) is 0.984. The van der Waals surface area contributed by atoms with Crippen LogP contribution in [0, 0.1) is 5.92 Å². The van der Waals surface area contributed by atoms with Crippen LogP contribution in [0.2, 0.25) is 0 Å². The lowest BCUT2D eigenvalue weighted by Gasteiger charge is -2.23. The van der Waals surface area contributed by atoms with E-state index in [4.69, 9.17) is 5.11 Å². The molecule has 2 atom stereocenters. The molecule has 1 saturated heterocycles. The fraction of sp³-hybridized carbons (Fsp3) is 0.583. The van der Waals surface area contributed by atoms with E-state index in [1.54, 1.807) is 0 Å². The Labute approximate surface area is 95.5 Å². The van der Waals surface area contributed by atoms with Crippen molar-refractivity contribution in [2.24, 2.45) is 13.0 Å². The number of aliphatic carboxylic acids is 1. The van der Waals surface area contributed by atoms with E-state index >= 15 is 0 Å². The van der Waals surface area contributed by atoms with Crippen LogP contribution in [0.25, 0.3) is 0 Å². The summed E-state index contributed by atoms with van der Waals surface area (Å²) >= 11 is 0. The molecule has 0 aliphatic carbocycles. The minimum atomic E-state index is -0.693. The number of nitrogens with zero attached hydrogens (tertiary/aromatic N) is 2. The third kappa shape index (κ3) is 2.11. The maximum atomic E-state index is 10.8. The Morgan fingerprint density at radius 3 is 2.88 bits per heavy atom. The van der Waals surface area contributed by atoms with Crippen molar-refractivity contribution >= 4 is 5.97 Å². The molecule has 0 aromatic carbocycles. The first kappa shape index (κ1) is 11.2. The number of hydrogen-bond donors (Lipinski definition) is 1. The van der Waals surface area contributed by atoms with E-state index in [9.17, 15) is 4.79 Å². The van der Waals surface area contributed by atoms with Crippen molar-refractivity contribution in [3.05, 3.63) is 24.0 Å². The van der Waals surface area contributed by atoms with Gasteiger partial charge in [-0.2, -0.15) is 0 Å². The van der Waals surface area contributed by atoms with Crippen LogP contribution in [0.1, 0.15) is 24.4 Å². The van der Waals surface area contributed by atoms with Crippen molar-refractivity contribution in [3.63, 3.8) is 0 Å². The number of hydrogen-bond acceptors (Lipinski definition) is 2. The predicted molar refractivity (Wildman–Crippen MR) is 61.1 cm³/mol. The Balaban J connectivity index is 2.18. The van der Waals surface area contributed by atoms with Gasteiger partial charge in [-0.05, 0) is 37.6 Å². The van der Waals surface area contributed by atoms with Gasteiger partial charge in [-0.25, -0.2) is 0 Å². The Kier molecular flexibility index (Phi) is 3.01. The summed E-state index contributed by atoms with van der Waals surface area (Å²) in [5.41, 5.74) is 1.23. The summed E-state index contributed by atoms with van der Waals surface area (Å²) in [5, 5.41) is 8.91. The molecule has 0 radical (unpaired) electrons. The van der Waals surface area contributed by atoms with Gasteiger partial charge in [-0.3, -0.25) is 9.69 Å². The number of aryl methyl sites for hydroxylation is 1. The molecule has 4 heteroatoms. The van der Waals surface area contributed by atoms with Crippen LogP contribution in [0.5, 0.6) is 0 Å². The standard InChI is InChI=1S/C12H18N2O2/c1-13-5-3-10(8-13)12-9(7-11(15)16)4-6-14(12)2/h3,5,8-9,12H,4,6-7H2,1-2H3,(H,15,16)/t9-,12+/m1/s1. The second-order valence-corrected chi connectivity index (χ2v) is 4.68. The van der Waals surface area contributed by atoms with Gasteiger partial charge >= 0.3 is 5.97 Å². The predicted octanol–water partition coefficient (Wildman–Crippen LogP) is 1.49. The monoisotopic (exact) mass is 222 g/mol. The maximum Gasteiger partial charge on any atom is 0.303 e. The average Bonchev–Trinajstić information content (AvgIpc) is 2.73. The minimum absolute atomic E-state index is 0.241. The summed E-state index contributed by atoms with van der Waals surface area (Å²) < 4.78 is 2.01. The Morgan fingerprint density at radius 1 is 1.56 bits per heavy atom. The zero-order chi connectivity index (χ0) is 11.7. The lowest BCUT2D eigenvalue weighted by Crippen LogP contribution is -2.22. The highest BCUT2D eigenvalue weighted by Crippen LogP contribution is 2.37. The van der Waals surface area contributed by atoms with Gasteiger partial charge in [0.15, 0.2) is 0 Å². The topological polar surface area (TPSA) is 45.5 Å². The highest BCUT2D eigenvalue weighted by Gasteiger charge is 2.34. The van der Waals surface area contributed by atoms with Gasteiger partial charge in [-0.1, -0.05) is 0 Å². The summed E-state index contributed by atoms with van der Waals surface area (Å²) in [4.78, 5) is 13.1. The first-order valence-corrected chi connectivity index (χ1v) is 5.62. The Bertz CT molecular complexity index is 386. The van der Waals surface area contributed by atoms with Crippen LogP contribution in [0.4, 0.5) is 0 Å². The minimum Gasteiger partial charge on any atom is -0.481 e. The number of carboxylic acid groups (broad SMARTS) is 1. The van der Waals surface area contributed by atoms with Crippen molar-refractivity contribution in [2.75, 3.05) is 13.6 Å². The molecule has 16 heavy (non-hydrogen) atoms. The van der Waals surface area contributed by atoms with Gasteiger partial charge in [0.25, 0.3) is 0 Å². The molecule has 1 aliphatic rings. The molecule has 0 spiro atoms. The SMILES string of the molecule is CN1CC[C@H](CC(=O)O)[C@H]1c1ccn(C)c1. The fourth-order valence-corrected chi connectivity index (χ4v) is 2.69. The summed E-state index contributed by atoms with van der Waals surface area (Å²) in [6.07, 6.45) is 5.34. The van der Waals surface area contributed by atoms with Crippen molar-refractivity contribution in [1.82, 2.24) is 9.47 Å². The van der Waals surface area contributed by atoms with Crippen LogP contribution in [-0.2, 0) is 11.8 Å². The van der Waals surface area contributed by atoms with Gasteiger partial charge in [0.1, 0.15) is 0 Å². The normalized spacial score (nSPS) is 26.1. The van der Waals surface area contributed by atoms with E-state index in [1.807, 2.05) is 17.8 Å². The molecule has 0 unspecified atom stereocenters. The summed E-state index contributed by atoms with van der Waals surface area (Å²) in [6, 6.07) is 2.35. The molecular formula is C12H18N2O2. The third-order valence-corrected chi connectivity index (χ3v) is 3.41. The molecular weight excluding hydrogens is 204 g/mol. The lowest BCUT2D eigenvalue weighted by molar-refractivity contribution is -0.138. The average molecular weight is 222 g/mol. The Morgan fingerprint density at radius 2 is 2.31 bits per heavy atom. The summed E-state index contributed by atoms with van der Waals surface area (Å²) in [7, 11) is 4.06. The lowest BCUT2D eigenvalue weighted by atomic mass is 9.92. The number of rotatable bonds is 3. The van der Waals surface area contributed by atoms with Gasteiger partial charge in [-0.15, -0.1) is 0 Å². The number of aromatic nitrogens is 1. The van der Waals surface area contributed by atoms with Gasteiger partial charge in [0.05, 0.1) is 6.42 Å². The van der Waals surface area contributed by atoms with E-state index in [0.717, 1.165) is 13.0 Å². The molecule has 4 nitrogen and oxygen atoms in total. The van der Waals surface area contributed by atoms with E-state index in [-0.39, 0.29) is 18.4 Å². The number of carboxylic acids is 1. The van der Waals surface area contributed by atoms with Crippen LogP contribution >= 0.6 is 0 Å². The molecule has 2 rings (SSSR count). The molecule has 1 N–H and O–H groups in total. The number of likely N-dealkylation sites (tertiary alicyclic amines) is 1. The maximum absolute atomic E-state index is 10.8. The van der Waals surface area contributed by atoms with Crippen molar-refractivity contribution in [2.45, 2.75) is 18.9 Å². The van der Waals surface area contributed by atoms with Gasteiger partial charge in [0.2, 0.25) is 0 Å². The molecule has 0 amide bonds. The molecule has 0 bridgehead atoms. The molecule has 1 aromatic heterocycles. The first-order valence-electron chi connectivity index (χ1n) is 5.62.